The predicted molar refractivity (Wildman–Crippen MR) is 93.5 cm³/mol. The minimum absolute atomic E-state index is 0.174. The number of carboxylic acids is 1. The topological polar surface area (TPSA) is 65.9 Å². The van der Waals surface area contributed by atoms with Gasteiger partial charge in [-0.25, -0.2) is 0 Å². The maximum absolute atomic E-state index is 12.2. The summed E-state index contributed by atoms with van der Waals surface area (Å²) in [6.45, 7) is 5.19. The fourth-order valence-electron chi connectivity index (χ4n) is 4.73. The van der Waals surface area contributed by atoms with E-state index in [0.717, 1.165) is 44.7 Å². The van der Waals surface area contributed by atoms with Gasteiger partial charge < -0.3 is 9.84 Å². The molecule has 0 radical (unpaired) electrons. The van der Waals surface area contributed by atoms with Crippen molar-refractivity contribution in [2.45, 2.75) is 25.4 Å². The maximum Gasteiger partial charge on any atom is 0.312 e. The van der Waals surface area contributed by atoms with Crippen LogP contribution in [-0.2, 0) is 16.1 Å². The summed E-state index contributed by atoms with van der Waals surface area (Å²) < 4.78 is 5.45. The molecule has 25 heavy (non-hydrogen) atoms. The van der Waals surface area contributed by atoms with Gasteiger partial charge in [-0.05, 0) is 24.5 Å². The zero-order chi connectivity index (χ0) is 17.4. The van der Waals surface area contributed by atoms with Gasteiger partial charge in [0.1, 0.15) is 0 Å². The van der Waals surface area contributed by atoms with Crippen LogP contribution in [-0.4, -0.2) is 71.3 Å². The van der Waals surface area contributed by atoms with Crippen molar-refractivity contribution in [1.82, 2.24) is 14.8 Å². The highest BCUT2D eigenvalue weighted by Crippen LogP contribution is 2.44. The normalized spacial score (nSPS) is 31.3. The molecule has 0 amide bonds. The molecular formula is C18H24ClN3O3. The molecule has 1 aromatic heterocycles. The maximum atomic E-state index is 12.2. The van der Waals surface area contributed by atoms with Crippen molar-refractivity contribution in [2.24, 2.45) is 11.3 Å². The third-order valence-corrected chi connectivity index (χ3v) is 6.43. The van der Waals surface area contributed by atoms with Crippen LogP contribution in [0.2, 0.25) is 5.02 Å². The Morgan fingerprint density at radius 1 is 1.36 bits per heavy atom. The summed E-state index contributed by atoms with van der Waals surface area (Å²) in [6, 6.07) is 2.39. The quantitative estimate of drug-likeness (QED) is 0.876. The van der Waals surface area contributed by atoms with Gasteiger partial charge in [0.15, 0.2) is 0 Å². The number of carbonyl (C=O) groups is 1. The van der Waals surface area contributed by atoms with E-state index in [4.69, 9.17) is 16.3 Å². The lowest BCUT2D eigenvalue weighted by molar-refractivity contribution is -0.149. The minimum atomic E-state index is -0.657. The zero-order valence-corrected chi connectivity index (χ0v) is 15.0. The van der Waals surface area contributed by atoms with Crippen molar-refractivity contribution < 1.29 is 14.6 Å². The second-order valence-electron chi connectivity index (χ2n) is 7.57. The molecule has 3 saturated heterocycles. The van der Waals surface area contributed by atoms with E-state index in [1.807, 2.05) is 6.07 Å². The number of rotatable bonds is 4. The van der Waals surface area contributed by atoms with E-state index in [2.05, 4.69) is 14.8 Å². The SMILES string of the molecule is O=C(O)[C@]12CN(Cc3ccncc3Cl)C[C@H]1CN(C1CCOCC1)C2. The molecule has 3 fully saturated rings. The van der Waals surface area contributed by atoms with Gasteiger partial charge in [0.25, 0.3) is 0 Å². The Morgan fingerprint density at radius 2 is 2.16 bits per heavy atom. The van der Waals surface area contributed by atoms with Crippen molar-refractivity contribution in [3.05, 3.63) is 29.0 Å². The van der Waals surface area contributed by atoms with Crippen LogP contribution in [0.5, 0.6) is 0 Å². The largest absolute Gasteiger partial charge is 0.481 e. The van der Waals surface area contributed by atoms with Crippen LogP contribution in [0.4, 0.5) is 0 Å². The van der Waals surface area contributed by atoms with Gasteiger partial charge in [-0.3, -0.25) is 19.6 Å². The molecule has 0 aromatic carbocycles. The van der Waals surface area contributed by atoms with E-state index in [9.17, 15) is 9.90 Å². The minimum Gasteiger partial charge on any atom is -0.481 e. The average molecular weight is 366 g/mol. The smallest absolute Gasteiger partial charge is 0.312 e. The van der Waals surface area contributed by atoms with Crippen LogP contribution in [0.25, 0.3) is 0 Å². The van der Waals surface area contributed by atoms with Crippen molar-refractivity contribution in [1.29, 1.82) is 0 Å². The molecule has 0 spiro atoms. The van der Waals surface area contributed by atoms with Crippen LogP contribution >= 0.6 is 11.6 Å². The summed E-state index contributed by atoms with van der Waals surface area (Å²) in [7, 11) is 0. The first kappa shape index (κ1) is 17.2. The van der Waals surface area contributed by atoms with Gasteiger partial charge in [0.2, 0.25) is 0 Å². The highest BCUT2D eigenvalue weighted by Gasteiger charge is 2.58. The Labute approximate surface area is 152 Å². The van der Waals surface area contributed by atoms with E-state index in [-0.39, 0.29) is 5.92 Å². The fourth-order valence-corrected chi connectivity index (χ4v) is 4.91. The lowest BCUT2D eigenvalue weighted by atomic mass is 9.81. The lowest BCUT2D eigenvalue weighted by Gasteiger charge is -2.33. The Kier molecular flexibility index (Phi) is 4.71. The monoisotopic (exact) mass is 365 g/mol. The summed E-state index contributed by atoms with van der Waals surface area (Å²) in [4.78, 5) is 20.8. The van der Waals surface area contributed by atoms with E-state index in [1.54, 1.807) is 12.4 Å². The van der Waals surface area contributed by atoms with Crippen LogP contribution in [0.15, 0.2) is 18.5 Å². The van der Waals surface area contributed by atoms with Gasteiger partial charge in [-0.1, -0.05) is 11.6 Å². The van der Waals surface area contributed by atoms with E-state index < -0.39 is 11.4 Å². The molecule has 1 N–H and O–H groups in total. The molecule has 4 heterocycles. The van der Waals surface area contributed by atoms with Gasteiger partial charge in [-0.15, -0.1) is 0 Å². The third kappa shape index (κ3) is 3.16. The van der Waals surface area contributed by atoms with Crippen molar-refractivity contribution in [2.75, 3.05) is 39.4 Å². The van der Waals surface area contributed by atoms with Gasteiger partial charge in [0.05, 0.1) is 10.4 Å². The first-order valence-corrected chi connectivity index (χ1v) is 9.32. The second-order valence-corrected chi connectivity index (χ2v) is 7.98. The van der Waals surface area contributed by atoms with Gasteiger partial charge in [-0.2, -0.15) is 0 Å². The third-order valence-electron chi connectivity index (χ3n) is 6.09. The molecule has 6 nitrogen and oxygen atoms in total. The Balaban J connectivity index is 1.47. The second kappa shape index (κ2) is 6.83. The van der Waals surface area contributed by atoms with Crippen LogP contribution < -0.4 is 0 Å². The van der Waals surface area contributed by atoms with Gasteiger partial charge >= 0.3 is 5.97 Å². The number of ether oxygens (including phenoxy) is 1. The molecule has 0 aliphatic carbocycles. The Bertz CT molecular complexity index is 652. The van der Waals surface area contributed by atoms with E-state index >= 15 is 0 Å². The van der Waals surface area contributed by atoms with Crippen LogP contribution in [0, 0.1) is 11.3 Å². The number of aromatic nitrogens is 1. The first-order valence-electron chi connectivity index (χ1n) is 8.94. The molecule has 0 bridgehead atoms. The van der Waals surface area contributed by atoms with Gasteiger partial charge in [0, 0.05) is 70.3 Å². The predicted octanol–water partition coefficient (Wildman–Crippen LogP) is 1.73. The molecule has 4 rings (SSSR count). The highest BCUT2D eigenvalue weighted by atomic mass is 35.5. The Morgan fingerprint density at radius 3 is 2.84 bits per heavy atom. The number of hydrogen-bond donors (Lipinski definition) is 1. The summed E-state index contributed by atoms with van der Waals surface area (Å²) in [5.74, 6) is -0.483. The number of nitrogens with zero attached hydrogens (tertiary/aromatic N) is 3. The fraction of sp³-hybridized carbons (Fsp3) is 0.667. The molecule has 3 aliphatic rings. The number of aliphatic carboxylic acids is 1. The number of halogens is 1. The zero-order valence-electron chi connectivity index (χ0n) is 14.2. The molecule has 7 heteroatoms. The molecular weight excluding hydrogens is 342 g/mol. The van der Waals surface area contributed by atoms with Crippen molar-refractivity contribution >= 4 is 17.6 Å². The van der Waals surface area contributed by atoms with Crippen molar-refractivity contribution in [3.8, 4) is 0 Å². The van der Waals surface area contributed by atoms with Crippen LogP contribution in [0.3, 0.4) is 0 Å². The molecule has 136 valence electrons. The van der Waals surface area contributed by atoms with Crippen LogP contribution in [0.1, 0.15) is 18.4 Å². The van der Waals surface area contributed by atoms with E-state index in [0.29, 0.717) is 30.7 Å². The number of fused-ring (bicyclic) bond motifs is 1. The van der Waals surface area contributed by atoms with E-state index in [1.165, 1.54) is 0 Å². The lowest BCUT2D eigenvalue weighted by Crippen LogP contribution is -2.44. The Hall–Kier alpha value is -1.21. The standard InChI is InChI=1S/C18H24ClN3O3/c19-16-7-20-4-1-13(16)8-21-9-14-10-22(15-2-5-25-6-3-15)12-18(14,11-21)17(23)24/h1,4,7,14-15H,2-3,5-6,8-12H2,(H,23,24)/t14-,18-/m0/s1. The molecule has 0 unspecified atom stereocenters. The number of hydrogen-bond acceptors (Lipinski definition) is 5. The summed E-state index contributed by atoms with van der Waals surface area (Å²) in [5.41, 5.74) is 0.358. The summed E-state index contributed by atoms with van der Waals surface area (Å²) in [6.07, 6.45) is 5.41. The number of pyridine rings is 1. The molecule has 2 atom stereocenters. The highest BCUT2D eigenvalue weighted by molar-refractivity contribution is 6.31. The first-order chi connectivity index (χ1) is 12.1. The molecule has 1 aromatic rings. The van der Waals surface area contributed by atoms with Crippen molar-refractivity contribution in [3.63, 3.8) is 0 Å². The number of carboxylic acid groups (broad SMARTS) is 1. The average Bonchev–Trinajstić information content (AvgIpc) is 3.13. The molecule has 3 aliphatic heterocycles. The summed E-state index contributed by atoms with van der Waals surface area (Å²) >= 11 is 6.22. The summed E-state index contributed by atoms with van der Waals surface area (Å²) in [5, 5.41) is 10.7. The number of likely N-dealkylation sites (tertiary alicyclic amines) is 2. The molecule has 0 saturated carbocycles.